The van der Waals surface area contributed by atoms with Crippen LogP contribution in [-0.2, 0) is 4.79 Å². The smallest absolute Gasteiger partial charge is 0.323 e. The fraction of sp³-hybridized carbons (Fsp3) is 0.0714. The highest BCUT2D eigenvalue weighted by Crippen LogP contribution is 2.12. The lowest BCUT2D eigenvalue weighted by atomic mass is 10.2. The molecule has 0 fully saturated rings. The van der Waals surface area contributed by atoms with E-state index in [0.717, 1.165) is 5.56 Å². The summed E-state index contributed by atoms with van der Waals surface area (Å²) in [6.07, 6.45) is 0. The van der Waals surface area contributed by atoms with Crippen LogP contribution < -0.4 is 16.2 Å². The fourth-order valence-corrected chi connectivity index (χ4v) is 1.72. The van der Waals surface area contributed by atoms with Crippen LogP contribution in [0.2, 0.25) is 5.15 Å². The van der Waals surface area contributed by atoms with E-state index in [1.54, 1.807) is 12.1 Å². The second kappa shape index (κ2) is 8.48. The SMILES string of the molecule is Cc1ccc(NC(=O)Nc2cc(Cl)[nH]c(=O)c2)cc1.O=CO. The van der Waals surface area contributed by atoms with E-state index in [1.165, 1.54) is 12.1 Å². The zero-order valence-corrected chi connectivity index (χ0v) is 12.3. The Kier molecular flexibility index (Phi) is 6.65. The number of carboxylic acid groups (broad SMARTS) is 1. The van der Waals surface area contributed by atoms with Gasteiger partial charge in [-0.3, -0.25) is 9.59 Å². The van der Waals surface area contributed by atoms with Gasteiger partial charge in [-0.1, -0.05) is 29.3 Å². The van der Waals surface area contributed by atoms with Crippen LogP contribution >= 0.6 is 11.6 Å². The number of pyridine rings is 1. The normalized spacial score (nSPS) is 9.18. The van der Waals surface area contributed by atoms with Crippen molar-refractivity contribution in [1.29, 1.82) is 0 Å². The number of hydrogen-bond donors (Lipinski definition) is 4. The molecular formula is C14H14ClN3O4. The molecule has 0 bridgehead atoms. The molecule has 1 aromatic heterocycles. The Morgan fingerprint density at radius 1 is 1.18 bits per heavy atom. The number of amides is 2. The zero-order chi connectivity index (χ0) is 16.5. The lowest BCUT2D eigenvalue weighted by Crippen LogP contribution is -2.20. The van der Waals surface area contributed by atoms with Crippen LogP contribution in [0.1, 0.15) is 5.56 Å². The molecule has 0 atom stereocenters. The van der Waals surface area contributed by atoms with Gasteiger partial charge in [-0.2, -0.15) is 0 Å². The number of rotatable bonds is 2. The first kappa shape index (κ1) is 17.3. The van der Waals surface area contributed by atoms with E-state index in [0.29, 0.717) is 11.4 Å². The molecule has 22 heavy (non-hydrogen) atoms. The van der Waals surface area contributed by atoms with E-state index in [1.807, 2.05) is 19.1 Å². The monoisotopic (exact) mass is 323 g/mol. The minimum atomic E-state index is -0.439. The van der Waals surface area contributed by atoms with Gasteiger partial charge in [0.2, 0.25) is 0 Å². The van der Waals surface area contributed by atoms with Gasteiger partial charge < -0.3 is 20.7 Å². The molecule has 8 heteroatoms. The van der Waals surface area contributed by atoms with Crippen molar-refractivity contribution in [3.05, 3.63) is 57.5 Å². The van der Waals surface area contributed by atoms with Crippen LogP contribution in [0.4, 0.5) is 16.2 Å². The van der Waals surface area contributed by atoms with Gasteiger partial charge in [0.15, 0.2) is 0 Å². The number of aromatic amines is 1. The van der Waals surface area contributed by atoms with Gasteiger partial charge in [0.25, 0.3) is 12.0 Å². The number of hydrogen-bond acceptors (Lipinski definition) is 3. The van der Waals surface area contributed by atoms with E-state index < -0.39 is 6.03 Å². The van der Waals surface area contributed by atoms with E-state index >= 15 is 0 Å². The molecule has 2 amide bonds. The summed E-state index contributed by atoms with van der Waals surface area (Å²) in [6, 6.07) is 9.63. The minimum absolute atomic E-state index is 0.165. The summed E-state index contributed by atoms with van der Waals surface area (Å²) < 4.78 is 0. The first-order valence-electron chi connectivity index (χ1n) is 6.07. The van der Waals surface area contributed by atoms with Crippen LogP contribution in [0.5, 0.6) is 0 Å². The highest BCUT2D eigenvalue weighted by Gasteiger charge is 2.04. The van der Waals surface area contributed by atoms with Gasteiger partial charge in [0.1, 0.15) is 5.15 Å². The minimum Gasteiger partial charge on any atom is -0.483 e. The van der Waals surface area contributed by atoms with Gasteiger partial charge in [0.05, 0.1) is 5.69 Å². The molecule has 0 aliphatic rings. The fourth-order valence-electron chi connectivity index (χ4n) is 1.51. The van der Waals surface area contributed by atoms with E-state index in [-0.39, 0.29) is 17.2 Å². The summed E-state index contributed by atoms with van der Waals surface area (Å²) in [5, 5.41) is 12.2. The first-order chi connectivity index (χ1) is 10.4. The van der Waals surface area contributed by atoms with E-state index in [2.05, 4.69) is 15.6 Å². The van der Waals surface area contributed by atoms with Crippen molar-refractivity contribution in [2.45, 2.75) is 6.92 Å². The van der Waals surface area contributed by atoms with Gasteiger partial charge in [-0.25, -0.2) is 4.79 Å². The lowest BCUT2D eigenvalue weighted by Gasteiger charge is -2.07. The van der Waals surface area contributed by atoms with Crippen LogP contribution in [0.15, 0.2) is 41.2 Å². The highest BCUT2D eigenvalue weighted by molar-refractivity contribution is 6.29. The number of anilines is 2. The molecule has 0 saturated carbocycles. The van der Waals surface area contributed by atoms with Gasteiger partial charge in [-0.15, -0.1) is 0 Å². The van der Waals surface area contributed by atoms with Crippen molar-refractivity contribution in [2.75, 3.05) is 10.6 Å². The average molecular weight is 324 g/mol. The summed E-state index contributed by atoms with van der Waals surface area (Å²) in [6.45, 7) is 1.71. The van der Waals surface area contributed by atoms with E-state index in [9.17, 15) is 9.59 Å². The number of halogens is 1. The molecular weight excluding hydrogens is 310 g/mol. The van der Waals surface area contributed by atoms with Crippen molar-refractivity contribution in [1.82, 2.24) is 4.98 Å². The number of carbonyl (C=O) groups excluding carboxylic acids is 1. The average Bonchev–Trinajstić information content (AvgIpc) is 2.41. The first-order valence-corrected chi connectivity index (χ1v) is 6.45. The zero-order valence-electron chi connectivity index (χ0n) is 11.6. The van der Waals surface area contributed by atoms with Crippen LogP contribution in [0, 0.1) is 6.92 Å². The summed E-state index contributed by atoms with van der Waals surface area (Å²) in [4.78, 5) is 33.6. The molecule has 0 spiro atoms. The number of H-pyrrole nitrogens is 1. The maximum Gasteiger partial charge on any atom is 0.323 e. The van der Waals surface area contributed by atoms with Crippen LogP contribution in [0.25, 0.3) is 0 Å². The summed E-state index contributed by atoms with van der Waals surface area (Å²) in [5.41, 5.74) is 1.72. The highest BCUT2D eigenvalue weighted by atomic mass is 35.5. The summed E-state index contributed by atoms with van der Waals surface area (Å²) >= 11 is 5.68. The third-order valence-corrected chi connectivity index (χ3v) is 2.58. The third kappa shape index (κ3) is 6.10. The molecule has 1 heterocycles. The molecule has 0 radical (unpaired) electrons. The Hall–Kier alpha value is -2.80. The Morgan fingerprint density at radius 2 is 1.73 bits per heavy atom. The molecule has 0 aliphatic heterocycles. The van der Waals surface area contributed by atoms with Crippen LogP contribution in [-0.4, -0.2) is 22.6 Å². The van der Waals surface area contributed by atoms with Gasteiger partial charge >= 0.3 is 6.03 Å². The largest absolute Gasteiger partial charge is 0.483 e. The quantitative estimate of drug-likeness (QED) is 0.503. The number of benzene rings is 1. The molecule has 1 aromatic carbocycles. The van der Waals surface area contributed by atoms with Gasteiger partial charge in [0, 0.05) is 11.8 Å². The number of aryl methyl sites for hydroxylation is 1. The maximum absolute atomic E-state index is 11.7. The van der Waals surface area contributed by atoms with Crippen molar-refractivity contribution < 1.29 is 14.7 Å². The van der Waals surface area contributed by atoms with E-state index in [4.69, 9.17) is 21.5 Å². The molecule has 2 aromatic rings. The second-order valence-electron chi connectivity index (χ2n) is 4.13. The Bertz CT molecular complexity index is 698. The topological polar surface area (TPSA) is 111 Å². The van der Waals surface area contributed by atoms with Crippen molar-refractivity contribution in [3.63, 3.8) is 0 Å². The molecule has 2 rings (SSSR count). The standard InChI is InChI=1S/C13H12ClN3O2.CH2O2/c1-8-2-4-9(5-3-8)15-13(19)16-10-6-11(14)17-12(18)7-10;2-1-3/h2-7H,1H3,(H3,15,16,17,18,19);1H,(H,2,3). The predicted molar refractivity (Wildman–Crippen MR) is 84.6 cm³/mol. The van der Waals surface area contributed by atoms with Gasteiger partial charge in [-0.05, 0) is 25.1 Å². The molecule has 7 nitrogen and oxygen atoms in total. The molecule has 0 aliphatic carbocycles. The number of carbonyl (C=O) groups is 2. The number of urea groups is 1. The number of aromatic nitrogens is 1. The van der Waals surface area contributed by atoms with Crippen molar-refractivity contribution >= 4 is 35.5 Å². The summed E-state index contributed by atoms with van der Waals surface area (Å²) in [7, 11) is 0. The van der Waals surface area contributed by atoms with Crippen molar-refractivity contribution in [3.8, 4) is 0 Å². The molecule has 116 valence electrons. The molecule has 0 unspecified atom stereocenters. The van der Waals surface area contributed by atoms with Crippen molar-refractivity contribution in [2.24, 2.45) is 0 Å². The summed E-state index contributed by atoms with van der Waals surface area (Å²) in [5.74, 6) is 0. The Morgan fingerprint density at radius 3 is 2.27 bits per heavy atom. The lowest BCUT2D eigenvalue weighted by molar-refractivity contribution is -0.122. The third-order valence-electron chi connectivity index (χ3n) is 2.38. The van der Waals surface area contributed by atoms with Crippen LogP contribution in [0.3, 0.4) is 0 Å². The Labute approximate surface area is 130 Å². The Balaban J connectivity index is 0.000000745. The maximum atomic E-state index is 11.7. The number of nitrogens with one attached hydrogen (secondary N) is 3. The predicted octanol–water partition coefficient (Wildman–Crippen LogP) is 2.68. The second-order valence-corrected chi connectivity index (χ2v) is 4.54. The molecule has 0 saturated heterocycles. The molecule has 4 N–H and O–H groups in total.